The fraction of sp³-hybridized carbons (Fsp3) is 0.464. The van der Waals surface area contributed by atoms with Gasteiger partial charge in [0.25, 0.3) is 5.79 Å². The minimum atomic E-state index is -2.79. The minimum absolute atomic E-state index is 0.0196. The predicted molar refractivity (Wildman–Crippen MR) is 145 cm³/mol. The van der Waals surface area contributed by atoms with Gasteiger partial charge in [0.05, 0.1) is 20.3 Å². The molecule has 10 atom stereocenters. The van der Waals surface area contributed by atoms with E-state index in [1.165, 1.54) is 25.3 Å². The van der Waals surface area contributed by atoms with Gasteiger partial charge in [-0.25, -0.2) is 0 Å². The molecule has 2 fully saturated rings. The van der Waals surface area contributed by atoms with Gasteiger partial charge in [-0.3, -0.25) is 4.79 Å². The number of rotatable bonds is 7. The van der Waals surface area contributed by atoms with Crippen LogP contribution in [-0.2, 0) is 9.47 Å². The molecule has 2 aliphatic heterocycles. The second-order valence-electron chi connectivity index (χ2n) is 10.5. The Kier molecular flexibility index (Phi) is 8.76. The zero-order valence-corrected chi connectivity index (χ0v) is 23.0. The Labute approximate surface area is 247 Å². The van der Waals surface area contributed by atoms with Gasteiger partial charge in [0.15, 0.2) is 29.1 Å². The van der Waals surface area contributed by atoms with Crippen LogP contribution in [0, 0.1) is 0 Å². The first-order chi connectivity index (χ1) is 20.9. The first-order valence-electron chi connectivity index (χ1n) is 13.4. The molecule has 2 aromatic carbocycles. The average Bonchev–Trinajstić information content (AvgIpc) is 3.00. The fourth-order valence-corrected chi connectivity index (χ4v) is 5.44. The standard InChI is InChI=1S/C28H32O16/c1-40-16-4-10(2-3-12(16)31)15-7-14(33)20-13(32)5-11(6-17(20)41-15)43-28(26(39)24(37)22(35)19(9-30)44-28)27-25(38)23(36)21(34)18(8-29)42-27/h2-7,18-19,21-27,29-32,34-39H,8-9H2,1H3. The molecule has 2 saturated heterocycles. The lowest BCUT2D eigenvalue weighted by molar-refractivity contribution is -0.396. The summed E-state index contributed by atoms with van der Waals surface area (Å²) in [6.07, 6.45) is -17.4. The zero-order valence-electron chi connectivity index (χ0n) is 23.0. The molecule has 16 heteroatoms. The Hall–Kier alpha value is -3.55. The predicted octanol–water partition coefficient (Wildman–Crippen LogP) is -2.73. The van der Waals surface area contributed by atoms with Crippen molar-refractivity contribution in [3.05, 3.63) is 46.6 Å². The smallest absolute Gasteiger partial charge is 0.268 e. The normalized spacial score (nSPS) is 34.2. The van der Waals surface area contributed by atoms with Gasteiger partial charge in [-0.2, -0.15) is 0 Å². The van der Waals surface area contributed by atoms with Gasteiger partial charge in [0.1, 0.15) is 71.0 Å². The molecule has 0 amide bonds. The molecule has 44 heavy (non-hydrogen) atoms. The van der Waals surface area contributed by atoms with Crippen LogP contribution in [0.1, 0.15) is 0 Å². The number of fused-ring (bicyclic) bond motifs is 1. The van der Waals surface area contributed by atoms with E-state index in [1.807, 2.05) is 0 Å². The van der Waals surface area contributed by atoms with Crippen LogP contribution in [0.4, 0.5) is 0 Å². The summed E-state index contributed by atoms with van der Waals surface area (Å²) in [6, 6.07) is 7.21. The van der Waals surface area contributed by atoms with E-state index in [9.17, 15) is 55.9 Å². The van der Waals surface area contributed by atoms with Crippen LogP contribution >= 0.6 is 0 Å². The topological polar surface area (TPSA) is 269 Å². The molecular formula is C28H32O16. The fourth-order valence-electron chi connectivity index (χ4n) is 5.44. The van der Waals surface area contributed by atoms with Crippen LogP contribution in [0.5, 0.6) is 23.0 Å². The highest BCUT2D eigenvalue weighted by molar-refractivity contribution is 5.86. The maximum absolute atomic E-state index is 13.0. The molecule has 1 aromatic heterocycles. The van der Waals surface area contributed by atoms with Crippen LogP contribution in [0.15, 0.2) is 45.6 Å². The van der Waals surface area contributed by atoms with E-state index in [4.69, 9.17) is 23.4 Å². The largest absolute Gasteiger partial charge is 0.507 e. The third kappa shape index (κ3) is 5.24. The Morgan fingerprint density at radius 2 is 1.50 bits per heavy atom. The van der Waals surface area contributed by atoms with Crippen molar-refractivity contribution in [2.75, 3.05) is 20.3 Å². The van der Waals surface area contributed by atoms with E-state index < -0.39 is 90.9 Å². The van der Waals surface area contributed by atoms with Gasteiger partial charge >= 0.3 is 0 Å². The van der Waals surface area contributed by atoms with E-state index in [0.717, 1.165) is 18.2 Å². The molecule has 0 radical (unpaired) electrons. The number of benzene rings is 2. The molecule has 16 nitrogen and oxygen atoms in total. The number of aromatic hydroxyl groups is 2. The summed E-state index contributed by atoms with van der Waals surface area (Å²) in [4.78, 5) is 13.0. The monoisotopic (exact) mass is 624 g/mol. The highest BCUT2D eigenvalue weighted by atomic mass is 16.7. The van der Waals surface area contributed by atoms with Crippen LogP contribution in [0.25, 0.3) is 22.3 Å². The summed E-state index contributed by atoms with van der Waals surface area (Å²) in [5.74, 6) is -4.00. The third-order valence-electron chi connectivity index (χ3n) is 7.80. The van der Waals surface area contributed by atoms with E-state index in [0.29, 0.717) is 5.56 Å². The molecule has 0 bridgehead atoms. The van der Waals surface area contributed by atoms with Gasteiger partial charge < -0.3 is 74.4 Å². The van der Waals surface area contributed by atoms with Crippen molar-refractivity contribution in [3.8, 4) is 34.3 Å². The van der Waals surface area contributed by atoms with Gasteiger partial charge in [0.2, 0.25) is 0 Å². The van der Waals surface area contributed by atoms with Crippen molar-refractivity contribution >= 4 is 11.0 Å². The molecule has 0 saturated carbocycles. The second-order valence-corrected chi connectivity index (χ2v) is 10.5. The summed E-state index contributed by atoms with van der Waals surface area (Å²) in [5, 5.41) is 104. The molecule has 0 spiro atoms. The van der Waals surface area contributed by atoms with E-state index in [2.05, 4.69) is 0 Å². The second kappa shape index (κ2) is 12.1. The van der Waals surface area contributed by atoms with E-state index in [1.54, 1.807) is 0 Å². The van der Waals surface area contributed by atoms with Crippen LogP contribution < -0.4 is 14.9 Å². The number of methoxy groups -OCH3 is 1. The first-order valence-corrected chi connectivity index (χ1v) is 13.4. The van der Waals surface area contributed by atoms with Crippen LogP contribution in [0.3, 0.4) is 0 Å². The number of aliphatic hydroxyl groups is 8. The van der Waals surface area contributed by atoms with Gasteiger partial charge in [-0.15, -0.1) is 0 Å². The van der Waals surface area contributed by atoms with Crippen molar-refractivity contribution in [2.45, 2.75) is 60.7 Å². The van der Waals surface area contributed by atoms with Crippen molar-refractivity contribution in [1.82, 2.24) is 0 Å². The molecular weight excluding hydrogens is 592 g/mol. The molecule has 3 aromatic rings. The van der Waals surface area contributed by atoms with Gasteiger partial charge in [0, 0.05) is 23.8 Å². The highest BCUT2D eigenvalue weighted by Gasteiger charge is 2.65. The Bertz CT molecular complexity index is 1550. The maximum atomic E-state index is 13.0. The summed E-state index contributed by atoms with van der Waals surface area (Å²) >= 11 is 0. The molecule has 3 heterocycles. The number of aliphatic hydroxyl groups excluding tert-OH is 8. The Morgan fingerprint density at radius 3 is 2.16 bits per heavy atom. The maximum Gasteiger partial charge on any atom is 0.268 e. The Balaban J connectivity index is 1.65. The van der Waals surface area contributed by atoms with Crippen LogP contribution in [-0.4, -0.2) is 132 Å². The van der Waals surface area contributed by atoms with Gasteiger partial charge in [-0.05, 0) is 18.2 Å². The van der Waals surface area contributed by atoms with Gasteiger partial charge in [-0.1, -0.05) is 0 Å². The molecule has 5 rings (SSSR count). The third-order valence-corrected chi connectivity index (χ3v) is 7.80. The number of hydrogen-bond acceptors (Lipinski definition) is 16. The summed E-state index contributed by atoms with van der Waals surface area (Å²) in [5.41, 5.74) is -0.645. The molecule has 0 aliphatic carbocycles. The van der Waals surface area contributed by atoms with E-state index >= 15 is 0 Å². The summed E-state index contributed by atoms with van der Waals surface area (Å²) in [7, 11) is 1.32. The minimum Gasteiger partial charge on any atom is -0.507 e. The van der Waals surface area contributed by atoms with E-state index in [-0.39, 0.29) is 28.2 Å². The number of ether oxygens (including phenoxy) is 4. The lowest BCUT2D eigenvalue weighted by Crippen LogP contribution is -2.77. The molecule has 10 unspecified atom stereocenters. The number of phenols is 2. The molecule has 2 aliphatic rings. The SMILES string of the molecule is COc1cc(-c2cc(=O)c3c(O)cc(OC4(C5OC(CO)C(O)C(O)C5O)OC(CO)C(O)C(O)C4O)cc3o2)ccc1O. The number of phenolic OH excluding ortho intramolecular Hbond substituents is 2. The quantitative estimate of drug-likeness (QED) is 0.128. The van der Waals surface area contributed by atoms with Crippen molar-refractivity contribution in [3.63, 3.8) is 0 Å². The first kappa shape index (κ1) is 31.9. The molecule has 10 N–H and O–H groups in total. The lowest BCUT2D eigenvalue weighted by atomic mass is 9.83. The lowest BCUT2D eigenvalue weighted by Gasteiger charge is -2.54. The van der Waals surface area contributed by atoms with Crippen molar-refractivity contribution < 1.29 is 74.4 Å². The van der Waals surface area contributed by atoms with Crippen LogP contribution in [0.2, 0.25) is 0 Å². The number of hydrogen-bond donors (Lipinski definition) is 10. The molecule has 240 valence electrons. The van der Waals surface area contributed by atoms with Crippen molar-refractivity contribution in [2.24, 2.45) is 0 Å². The Morgan fingerprint density at radius 1 is 0.818 bits per heavy atom. The zero-order chi connectivity index (χ0) is 32.1. The highest BCUT2D eigenvalue weighted by Crippen LogP contribution is 2.42. The summed E-state index contributed by atoms with van der Waals surface area (Å²) < 4.78 is 28.2. The van der Waals surface area contributed by atoms with Crippen molar-refractivity contribution in [1.29, 1.82) is 0 Å². The summed E-state index contributed by atoms with van der Waals surface area (Å²) in [6.45, 7) is -1.82. The average molecular weight is 625 g/mol.